The van der Waals surface area contributed by atoms with Gasteiger partial charge in [-0.15, -0.1) is 0 Å². The van der Waals surface area contributed by atoms with Gasteiger partial charge in [-0.2, -0.15) is 5.10 Å². The number of rotatable bonds is 4. The largest absolute Gasteiger partial charge is 0.345 e. The molecule has 4 heterocycles. The number of imidazole rings is 1. The molecule has 1 atom stereocenters. The van der Waals surface area contributed by atoms with Gasteiger partial charge < -0.3 is 9.88 Å². The van der Waals surface area contributed by atoms with Crippen molar-refractivity contribution in [3.8, 4) is 11.3 Å². The van der Waals surface area contributed by atoms with Crippen LogP contribution < -0.4 is 0 Å². The Morgan fingerprint density at radius 2 is 2.24 bits per heavy atom. The number of nitrogens with zero attached hydrogens (tertiary/aromatic N) is 5. The van der Waals surface area contributed by atoms with Crippen LogP contribution in [0, 0.1) is 6.92 Å². The van der Waals surface area contributed by atoms with E-state index in [0.717, 1.165) is 28.5 Å². The van der Waals surface area contributed by atoms with Crippen molar-refractivity contribution in [3.63, 3.8) is 0 Å². The zero-order valence-corrected chi connectivity index (χ0v) is 14.3. The lowest BCUT2D eigenvalue weighted by molar-refractivity contribution is -0.128. The minimum absolute atomic E-state index is 0.0836. The first-order chi connectivity index (χ1) is 12.1. The molecular formula is C18H20N6O. The SMILES string of the molecule is Cc1[nH]c([C@@H]2CC(=O)N(Cc3ccccn3)C2)nc1-c1cnn(C)c1. The number of likely N-dealkylation sites (tertiary alicyclic amines) is 1. The van der Waals surface area contributed by atoms with E-state index in [0.29, 0.717) is 19.5 Å². The summed E-state index contributed by atoms with van der Waals surface area (Å²) in [7, 11) is 1.89. The molecule has 7 heteroatoms. The number of aromatic amines is 1. The summed E-state index contributed by atoms with van der Waals surface area (Å²) in [5.74, 6) is 1.10. The third-order valence-electron chi connectivity index (χ3n) is 4.56. The summed E-state index contributed by atoms with van der Waals surface area (Å²) in [4.78, 5) is 26.6. The van der Waals surface area contributed by atoms with Crippen molar-refractivity contribution in [3.05, 3.63) is 54.0 Å². The van der Waals surface area contributed by atoms with E-state index in [1.165, 1.54) is 0 Å². The van der Waals surface area contributed by atoms with Crippen molar-refractivity contribution in [2.45, 2.75) is 25.8 Å². The van der Waals surface area contributed by atoms with Crippen molar-refractivity contribution < 1.29 is 4.79 Å². The number of hydrogen-bond donors (Lipinski definition) is 1. The van der Waals surface area contributed by atoms with Gasteiger partial charge in [0.15, 0.2) is 0 Å². The molecule has 0 aliphatic carbocycles. The number of H-pyrrole nitrogens is 1. The molecule has 0 radical (unpaired) electrons. The molecule has 7 nitrogen and oxygen atoms in total. The zero-order valence-electron chi connectivity index (χ0n) is 14.3. The second-order valence-corrected chi connectivity index (χ2v) is 6.49. The highest BCUT2D eigenvalue weighted by Gasteiger charge is 2.33. The number of nitrogens with one attached hydrogen (secondary N) is 1. The van der Waals surface area contributed by atoms with Gasteiger partial charge in [0.2, 0.25) is 5.91 Å². The number of carbonyl (C=O) groups is 1. The molecule has 1 aliphatic rings. The number of aryl methyl sites for hydroxylation is 2. The fourth-order valence-corrected chi connectivity index (χ4v) is 3.30. The molecule has 0 aromatic carbocycles. The van der Waals surface area contributed by atoms with Crippen molar-refractivity contribution in [2.75, 3.05) is 6.54 Å². The maximum Gasteiger partial charge on any atom is 0.223 e. The quantitative estimate of drug-likeness (QED) is 0.790. The minimum Gasteiger partial charge on any atom is -0.345 e. The van der Waals surface area contributed by atoms with E-state index >= 15 is 0 Å². The second-order valence-electron chi connectivity index (χ2n) is 6.49. The van der Waals surface area contributed by atoms with Gasteiger partial charge in [-0.3, -0.25) is 14.5 Å². The topological polar surface area (TPSA) is 79.7 Å². The summed E-state index contributed by atoms with van der Waals surface area (Å²) in [6.07, 6.45) is 5.98. The van der Waals surface area contributed by atoms with Gasteiger partial charge in [0.1, 0.15) is 5.82 Å². The lowest BCUT2D eigenvalue weighted by Crippen LogP contribution is -2.24. The van der Waals surface area contributed by atoms with E-state index in [4.69, 9.17) is 4.98 Å². The molecule has 1 saturated heterocycles. The Morgan fingerprint density at radius 3 is 2.96 bits per heavy atom. The van der Waals surface area contributed by atoms with Gasteiger partial charge in [0.05, 0.1) is 24.1 Å². The molecule has 1 N–H and O–H groups in total. The molecule has 1 aliphatic heterocycles. The number of hydrogen-bond acceptors (Lipinski definition) is 4. The smallest absolute Gasteiger partial charge is 0.223 e. The predicted molar refractivity (Wildman–Crippen MR) is 92.5 cm³/mol. The molecule has 0 spiro atoms. The van der Waals surface area contributed by atoms with Crippen LogP contribution in [-0.2, 0) is 18.4 Å². The Balaban J connectivity index is 1.52. The summed E-state index contributed by atoms with van der Waals surface area (Å²) in [5.41, 5.74) is 3.79. The second kappa shape index (κ2) is 6.16. The average molecular weight is 336 g/mol. The number of pyridine rings is 1. The monoisotopic (exact) mass is 336 g/mol. The fraction of sp³-hybridized carbons (Fsp3) is 0.333. The molecule has 0 bridgehead atoms. The first-order valence-electron chi connectivity index (χ1n) is 8.33. The fourth-order valence-electron chi connectivity index (χ4n) is 3.30. The number of amides is 1. The van der Waals surface area contributed by atoms with Crippen LogP contribution in [0.25, 0.3) is 11.3 Å². The molecule has 3 aromatic rings. The Hall–Kier alpha value is -2.96. The highest BCUT2D eigenvalue weighted by molar-refractivity contribution is 5.79. The lowest BCUT2D eigenvalue weighted by atomic mass is 10.1. The van der Waals surface area contributed by atoms with Crippen molar-refractivity contribution in [1.82, 2.24) is 29.6 Å². The average Bonchev–Trinajstić information content (AvgIpc) is 3.28. The van der Waals surface area contributed by atoms with Gasteiger partial charge in [0, 0.05) is 49.6 Å². The molecule has 1 fully saturated rings. The van der Waals surface area contributed by atoms with E-state index in [9.17, 15) is 4.79 Å². The summed E-state index contributed by atoms with van der Waals surface area (Å²) in [5, 5.41) is 4.21. The Morgan fingerprint density at radius 1 is 1.36 bits per heavy atom. The molecule has 3 aromatic heterocycles. The maximum atomic E-state index is 12.4. The standard InChI is InChI=1S/C18H20N6O/c1-12-17(14-8-20-23(2)9-14)22-18(21-12)13-7-16(25)24(10-13)11-15-5-3-4-6-19-15/h3-6,8-9,13H,7,10-11H2,1-2H3,(H,21,22)/t13-/m1/s1. The van der Waals surface area contributed by atoms with Crippen LogP contribution in [0.1, 0.15) is 29.6 Å². The van der Waals surface area contributed by atoms with Gasteiger partial charge in [-0.25, -0.2) is 4.98 Å². The van der Waals surface area contributed by atoms with Crippen LogP contribution in [0.5, 0.6) is 0 Å². The Kier molecular flexibility index (Phi) is 3.83. The highest BCUT2D eigenvalue weighted by atomic mass is 16.2. The molecule has 0 unspecified atom stereocenters. The van der Waals surface area contributed by atoms with Crippen LogP contribution >= 0.6 is 0 Å². The lowest BCUT2D eigenvalue weighted by Gasteiger charge is -2.15. The predicted octanol–water partition coefficient (Wildman–Crippen LogP) is 2.03. The third-order valence-corrected chi connectivity index (χ3v) is 4.56. The van der Waals surface area contributed by atoms with Gasteiger partial charge in [-0.1, -0.05) is 6.07 Å². The van der Waals surface area contributed by atoms with Crippen LogP contribution in [0.4, 0.5) is 0 Å². The van der Waals surface area contributed by atoms with Gasteiger partial charge >= 0.3 is 0 Å². The first kappa shape index (κ1) is 15.6. The summed E-state index contributed by atoms with van der Waals surface area (Å²) in [6.45, 7) is 3.21. The molecule has 1 amide bonds. The third kappa shape index (κ3) is 3.05. The van der Waals surface area contributed by atoms with E-state index in [1.54, 1.807) is 17.1 Å². The normalized spacial score (nSPS) is 17.4. The van der Waals surface area contributed by atoms with E-state index in [1.807, 2.05) is 43.3 Å². The number of carbonyl (C=O) groups excluding carboxylic acids is 1. The van der Waals surface area contributed by atoms with Crippen LogP contribution in [0.3, 0.4) is 0 Å². The van der Waals surface area contributed by atoms with Crippen molar-refractivity contribution >= 4 is 5.91 Å². The summed E-state index contributed by atoms with van der Waals surface area (Å²) < 4.78 is 1.76. The Labute approximate surface area is 145 Å². The zero-order chi connectivity index (χ0) is 17.4. The Bertz CT molecular complexity index is 897. The van der Waals surface area contributed by atoms with E-state index in [-0.39, 0.29) is 11.8 Å². The minimum atomic E-state index is 0.0836. The van der Waals surface area contributed by atoms with Crippen LogP contribution in [0.15, 0.2) is 36.8 Å². The molecule has 0 saturated carbocycles. The van der Waals surface area contributed by atoms with Crippen molar-refractivity contribution in [1.29, 1.82) is 0 Å². The highest BCUT2D eigenvalue weighted by Crippen LogP contribution is 2.30. The molecule has 25 heavy (non-hydrogen) atoms. The van der Waals surface area contributed by atoms with E-state index < -0.39 is 0 Å². The van der Waals surface area contributed by atoms with Gasteiger partial charge in [0.25, 0.3) is 0 Å². The summed E-state index contributed by atoms with van der Waals surface area (Å²) in [6, 6.07) is 5.76. The van der Waals surface area contributed by atoms with Crippen LogP contribution in [-0.4, -0.2) is 42.1 Å². The van der Waals surface area contributed by atoms with Gasteiger partial charge in [-0.05, 0) is 19.1 Å². The maximum absolute atomic E-state index is 12.4. The molecule has 4 rings (SSSR count). The van der Waals surface area contributed by atoms with Crippen LogP contribution in [0.2, 0.25) is 0 Å². The number of aromatic nitrogens is 5. The summed E-state index contributed by atoms with van der Waals surface area (Å²) >= 11 is 0. The van der Waals surface area contributed by atoms with Crippen molar-refractivity contribution in [2.24, 2.45) is 7.05 Å². The van der Waals surface area contributed by atoms with E-state index in [2.05, 4.69) is 15.1 Å². The molecular weight excluding hydrogens is 316 g/mol. The molecule has 128 valence electrons. The first-order valence-corrected chi connectivity index (χ1v) is 8.33.